The fourth-order valence-corrected chi connectivity index (χ4v) is 2.83. The van der Waals surface area contributed by atoms with E-state index in [1.807, 2.05) is 26.8 Å². The van der Waals surface area contributed by atoms with E-state index in [0.29, 0.717) is 10.8 Å². The Morgan fingerprint density at radius 3 is 2.10 bits per heavy atom. The van der Waals surface area contributed by atoms with Crippen LogP contribution in [0.25, 0.3) is 0 Å². The molecule has 0 aliphatic heterocycles. The topological polar surface area (TPSA) is 72.0 Å². The van der Waals surface area contributed by atoms with E-state index in [1.54, 1.807) is 24.3 Å². The van der Waals surface area contributed by atoms with Crippen molar-refractivity contribution in [3.05, 3.63) is 47.3 Å². The quantitative estimate of drug-likeness (QED) is 0.935. The van der Waals surface area contributed by atoms with E-state index in [4.69, 9.17) is 0 Å². The number of rotatable bonds is 4. The van der Waals surface area contributed by atoms with Crippen molar-refractivity contribution in [1.82, 2.24) is 9.97 Å². The lowest BCUT2D eigenvalue weighted by Crippen LogP contribution is -2.16. The lowest BCUT2D eigenvalue weighted by atomic mass is 10.2. The molecule has 0 saturated carbocycles. The standard InChI is InChI=1S/C14H17N3O2S/c1-10-4-6-13(7-5-10)20(18,19)9-15-14-16-11(2)8-12(3)17-14/h4-8H,9H2,1-3H3,(H,15,16,17). The van der Waals surface area contributed by atoms with Gasteiger partial charge in [0, 0.05) is 11.4 Å². The molecule has 0 saturated heterocycles. The van der Waals surface area contributed by atoms with Crippen molar-refractivity contribution in [2.45, 2.75) is 25.7 Å². The van der Waals surface area contributed by atoms with Crippen LogP contribution in [0.4, 0.5) is 5.95 Å². The average molecular weight is 291 g/mol. The molecule has 0 bridgehead atoms. The van der Waals surface area contributed by atoms with E-state index < -0.39 is 9.84 Å². The van der Waals surface area contributed by atoms with E-state index in [1.165, 1.54) is 0 Å². The Balaban J connectivity index is 2.15. The molecule has 0 aliphatic rings. The van der Waals surface area contributed by atoms with Crippen molar-refractivity contribution in [3.8, 4) is 0 Å². The minimum Gasteiger partial charge on any atom is -0.340 e. The summed E-state index contributed by atoms with van der Waals surface area (Å²) >= 11 is 0. The first-order valence-electron chi connectivity index (χ1n) is 6.22. The Bertz CT molecular complexity index is 689. The van der Waals surface area contributed by atoms with E-state index in [9.17, 15) is 8.42 Å². The van der Waals surface area contributed by atoms with E-state index in [2.05, 4.69) is 15.3 Å². The molecule has 0 atom stereocenters. The van der Waals surface area contributed by atoms with Crippen molar-refractivity contribution in [2.24, 2.45) is 0 Å². The molecule has 20 heavy (non-hydrogen) atoms. The Kier molecular flexibility index (Phi) is 4.04. The molecule has 106 valence electrons. The van der Waals surface area contributed by atoms with Crippen LogP contribution in [0.15, 0.2) is 35.2 Å². The summed E-state index contributed by atoms with van der Waals surface area (Å²) in [6, 6.07) is 8.60. The number of hydrogen-bond acceptors (Lipinski definition) is 5. The number of aromatic nitrogens is 2. The molecule has 5 nitrogen and oxygen atoms in total. The van der Waals surface area contributed by atoms with Crippen LogP contribution in [0, 0.1) is 20.8 Å². The smallest absolute Gasteiger partial charge is 0.223 e. The molecule has 1 aromatic carbocycles. The minimum atomic E-state index is -3.39. The van der Waals surface area contributed by atoms with Crippen LogP contribution in [0.5, 0.6) is 0 Å². The van der Waals surface area contributed by atoms with E-state index >= 15 is 0 Å². The van der Waals surface area contributed by atoms with Crippen LogP contribution < -0.4 is 5.32 Å². The number of nitrogens with zero attached hydrogens (tertiary/aromatic N) is 2. The van der Waals surface area contributed by atoms with Gasteiger partial charge in [-0.2, -0.15) is 0 Å². The number of hydrogen-bond donors (Lipinski definition) is 1. The maximum Gasteiger partial charge on any atom is 0.223 e. The van der Waals surface area contributed by atoms with Gasteiger partial charge in [-0.3, -0.25) is 0 Å². The second-order valence-corrected chi connectivity index (χ2v) is 6.71. The molecular weight excluding hydrogens is 274 g/mol. The van der Waals surface area contributed by atoms with Gasteiger partial charge in [-0.25, -0.2) is 18.4 Å². The monoisotopic (exact) mass is 291 g/mol. The lowest BCUT2D eigenvalue weighted by Gasteiger charge is -2.08. The predicted octanol–water partition coefficient (Wildman–Crippen LogP) is 2.25. The van der Waals surface area contributed by atoms with Crippen molar-refractivity contribution in [1.29, 1.82) is 0 Å². The van der Waals surface area contributed by atoms with Crippen LogP contribution in [0.2, 0.25) is 0 Å². The van der Waals surface area contributed by atoms with E-state index in [0.717, 1.165) is 17.0 Å². The number of nitrogens with one attached hydrogen (secondary N) is 1. The summed E-state index contributed by atoms with van der Waals surface area (Å²) in [5.41, 5.74) is 2.62. The van der Waals surface area contributed by atoms with Crippen LogP contribution >= 0.6 is 0 Å². The van der Waals surface area contributed by atoms with Gasteiger partial charge < -0.3 is 5.32 Å². The zero-order valence-corrected chi connectivity index (χ0v) is 12.5. The first kappa shape index (κ1) is 14.5. The molecule has 0 spiro atoms. The summed E-state index contributed by atoms with van der Waals surface area (Å²) in [5, 5.41) is 2.77. The third kappa shape index (κ3) is 3.54. The Morgan fingerprint density at radius 2 is 1.55 bits per heavy atom. The first-order chi connectivity index (χ1) is 9.37. The van der Waals surface area contributed by atoms with Crippen LogP contribution in [-0.4, -0.2) is 24.3 Å². The van der Waals surface area contributed by atoms with Crippen molar-refractivity contribution >= 4 is 15.8 Å². The molecule has 0 amide bonds. The minimum absolute atomic E-state index is 0.223. The molecular formula is C14H17N3O2S. The number of anilines is 1. The van der Waals surface area contributed by atoms with Gasteiger partial charge >= 0.3 is 0 Å². The van der Waals surface area contributed by atoms with Crippen molar-refractivity contribution in [2.75, 3.05) is 11.2 Å². The molecule has 0 unspecified atom stereocenters. The van der Waals surface area contributed by atoms with Gasteiger partial charge in [0.05, 0.1) is 4.90 Å². The van der Waals surface area contributed by atoms with E-state index in [-0.39, 0.29) is 5.88 Å². The van der Waals surface area contributed by atoms with Crippen LogP contribution in [0.3, 0.4) is 0 Å². The maximum atomic E-state index is 12.2. The molecule has 0 aliphatic carbocycles. The van der Waals surface area contributed by atoms with Crippen LogP contribution in [0.1, 0.15) is 17.0 Å². The molecule has 2 rings (SSSR count). The van der Waals surface area contributed by atoms with Gasteiger partial charge in [0.25, 0.3) is 0 Å². The lowest BCUT2D eigenvalue weighted by molar-refractivity contribution is 0.597. The fourth-order valence-electron chi connectivity index (χ4n) is 1.79. The Hall–Kier alpha value is -1.95. The number of sulfone groups is 1. The number of aryl methyl sites for hydroxylation is 3. The first-order valence-corrected chi connectivity index (χ1v) is 7.88. The van der Waals surface area contributed by atoms with Gasteiger partial charge in [0.2, 0.25) is 5.95 Å². The van der Waals surface area contributed by atoms with Gasteiger partial charge in [0.1, 0.15) is 5.88 Å². The van der Waals surface area contributed by atoms with Crippen molar-refractivity contribution < 1.29 is 8.42 Å². The third-order valence-electron chi connectivity index (χ3n) is 2.78. The van der Waals surface area contributed by atoms with Crippen LogP contribution in [-0.2, 0) is 9.84 Å². The molecule has 6 heteroatoms. The second kappa shape index (κ2) is 5.58. The highest BCUT2D eigenvalue weighted by atomic mass is 32.2. The molecule has 2 aromatic rings. The molecule has 1 heterocycles. The summed E-state index contributed by atoms with van der Waals surface area (Å²) < 4.78 is 24.3. The van der Waals surface area contributed by atoms with Gasteiger partial charge in [-0.05, 0) is 39.0 Å². The fraction of sp³-hybridized carbons (Fsp3) is 0.286. The predicted molar refractivity (Wildman–Crippen MR) is 78.4 cm³/mol. The Labute approximate surface area is 119 Å². The SMILES string of the molecule is Cc1ccc(S(=O)(=O)CNc2nc(C)cc(C)n2)cc1. The molecule has 1 N–H and O–H groups in total. The average Bonchev–Trinajstić information content (AvgIpc) is 2.36. The molecule has 0 fully saturated rings. The summed E-state index contributed by atoms with van der Waals surface area (Å²) in [7, 11) is -3.39. The van der Waals surface area contributed by atoms with Crippen molar-refractivity contribution in [3.63, 3.8) is 0 Å². The van der Waals surface area contributed by atoms with Gasteiger partial charge in [0.15, 0.2) is 9.84 Å². The zero-order valence-electron chi connectivity index (χ0n) is 11.7. The normalized spacial score (nSPS) is 11.3. The second-order valence-electron chi connectivity index (χ2n) is 4.72. The number of benzene rings is 1. The third-order valence-corrected chi connectivity index (χ3v) is 4.30. The summed E-state index contributed by atoms with van der Waals surface area (Å²) in [6.45, 7) is 5.60. The summed E-state index contributed by atoms with van der Waals surface area (Å²) in [4.78, 5) is 8.61. The molecule has 1 aromatic heterocycles. The molecule has 0 radical (unpaired) electrons. The largest absolute Gasteiger partial charge is 0.340 e. The highest BCUT2D eigenvalue weighted by Gasteiger charge is 2.14. The maximum absolute atomic E-state index is 12.2. The summed E-state index contributed by atoms with van der Waals surface area (Å²) in [6.07, 6.45) is 0. The summed E-state index contributed by atoms with van der Waals surface area (Å²) in [5.74, 6) is 0.108. The van der Waals surface area contributed by atoms with Gasteiger partial charge in [-0.1, -0.05) is 17.7 Å². The highest BCUT2D eigenvalue weighted by Crippen LogP contribution is 2.13. The highest BCUT2D eigenvalue weighted by molar-refractivity contribution is 7.91. The zero-order chi connectivity index (χ0) is 14.8. The van der Waals surface area contributed by atoms with Gasteiger partial charge in [-0.15, -0.1) is 0 Å². The Morgan fingerprint density at radius 1 is 1.00 bits per heavy atom.